The van der Waals surface area contributed by atoms with E-state index in [2.05, 4.69) is 9.98 Å². The monoisotopic (exact) mass is 180 g/mol. The van der Waals surface area contributed by atoms with E-state index in [0.29, 0.717) is 10.7 Å². The third-order valence-electron chi connectivity index (χ3n) is 1.71. The van der Waals surface area contributed by atoms with Crippen molar-refractivity contribution in [2.45, 2.75) is 0 Å². The van der Waals surface area contributed by atoms with Crippen molar-refractivity contribution < 1.29 is 4.79 Å². The maximum absolute atomic E-state index is 11.1. The lowest BCUT2D eigenvalue weighted by molar-refractivity contribution is -0.118. The SMILES string of the molecule is O=C1N=CN=C2C=C(Cl)C=CC12. The fraction of sp³-hybridized carbons (Fsp3) is 0.125. The predicted molar refractivity (Wildman–Crippen MR) is 47.5 cm³/mol. The average Bonchev–Trinajstić information content (AvgIpc) is 2.04. The van der Waals surface area contributed by atoms with Gasteiger partial charge in [0.05, 0.1) is 5.71 Å². The molecule has 0 fully saturated rings. The fourth-order valence-electron chi connectivity index (χ4n) is 1.13. The van der Waals surface area contributed by atoms with Crippen LogP contribution in [-0.2, 0) is 4.79 Å². The van der Waals surface area contributed by atoms with Gasteiger partial charge in [-0.25, -0.2) is 9.98 Å². The first-order chi connectivity index (χ1) is 5.77. The molecule has 2 aliphatic rings. The first kappa shape index (κ1) is 7.43. The minimum atomic E-state index is -0.322. The van der Waals surface area contributed by atoms with Gasteiger partial charge in [0.1, 0.15) is 12.3 Å². The largest absolute Gasteiger partial charge is 0.271 e. The summed E-state index contributed by atoms with van der Waals surface area (Å²) in [7, 11) is 0. The van der Waals surface area contributed by atoms with Crippen molar-refractivity contribution in [2.24, 2.45) is 15.9 Å². The van der Waals surface area contributed by atoms with Gasteiger partial charge in [-0.15, -0.1) is 0 Å². The normalized spacial score (nSPS) is 26.4. The molecule has 1 aliphatic heterocycles. The number of allylic oxidation sites excluding steroid dienone is 3. The van der Waals surface area contributed by atoms with Crippen LogP contribution in [0, 0.1) is 5.92 Å². The summed E-state index contributed by atoms with van der Waals surface area (Å²) < 4.78 is 0. The number of aliphatic imine (C=N–C) groups is 2. The standard InChI is InChI=1S/C8H5ClN2O/c9-5-1-2-6-7(3-5)10-4-11-8(6)12/h1-4,6H. The maximum atomic E-state index is 11.1. The molecule has 0 aromatic heterocycles. The van der Waals surface area contributed by atoms with Crippen molar-refractivity contribution in [2.75, 3.05) is 0 Å². The van der Waals surface area contributed by atoms with E-state index in [4.69, 9.17) is 11.6 Å². The molecule has 0 radical (unpaired) electrons. The van der Waals surface area contributed by atoms with Crippen LogP contribution in [0.1, 0.15) is 0 Å². The van der Waals surface area contributed by atoms with Crippen LogP contribution in [0.4, 0.5) is 0 Å². The molecule has 1 atom stereocenters. The molecule has 1 unspecified atom stereocenters. The quantitative estimate of drug-likeness (QED) is 0.554. The Kier molecular flexibility index (Phi) is 1.66. The highest BCUT2D eigenvalue weighted by molar-refractivity contribution is 6.34. The lowest BCUT2D eigenvalue weighted by atomic mass is 9.97. The Balaban J connectivity index is 2.43. The lowest BCUT2D eigenvalue weighted by Crippen LogP contribution is -2.24. The summed E-state index contributed by atoms with van der Waals surface area (Å²) in [5.41, 5.74) is 0.669. The number of rotatable bonds is 0. The zero-order valence-electron chi connectivity index (χ0n) is 6.07. The van der Waals surface area contributed by atoms with Crippen LogP contribution in [0.5, 0.6) is 0 Å². The molecular weight excluding hydrogens is 176 g/mol. The number of carbonyl (C=O) groups is 1. The highest BCUT2D eigenvalue weighted by atomic mass is 35.5. The number of amides is 1. The van der Waals surface area contributed by atoms with Crippen molar-refractivity contribution in [1.82, 2.24) is 0 Å². The van der Waals surface area contributed by atoms with Gasteiger partial charge in [-0.1, -0.05) is 17.7 Å². The van der Waals surface area contributed by atoms with Crippen molar-refractivity contribution >= 4 is 29.6 Å². The van der Waals surface area contributed by atoms with Crippen molar-refractivity contribution in [1.29, 1.82) is 0 Å². The maximum Gasteiger partial charge on any atom is 0.260 e. The number of hydrogen-bond acceptors (Lipinski definition) is 2. The van der Waals surface area contributed by atoms with Crippen LogP contribution in [0.15, 0.2) is 33.2 Å². The van der Waals surface area contributed by atoms with Gasteiger partial charge in [-0.3, -0.25) is 4.79 Å². The Morgan fingerprint density at radius 1 is 1.50 bits per heavy atom. The van der Waals surface area contributed by atoms with Crippen LogP contribution in [0.3, 0.4) is 0 Å². The highest BCUT2D eigenvalue weighted by Crippen LogP contribution is 2.19. The summed E-state index contributed by atoms with van der Waals surface area (Å²) in [6.45, 7) is 0. The fourth-order valence-corrected chi connectivity index (χ4v) is 1.31. The van der Waals surface area contributed by atoms with Gasteiger partial charge >= 0.3 is 0 Å². The zero-order chi connectivity index (χ0) is 8.55. The van der Waals surface area contributed by atoms with Crippen LogP contribution < -0.4 is 0 Å². The number of carbonyl (C=O) groups excluding carboxylic acids is 1. The Bertz CT molecular complexity index is 352. The summed E-state index contributed by atoms with van der Waals surface area (Å²) in [4.78, 5) is 18.6. The molecule has 0 bridgehead atoms. The second-order valence-electron chi connectivity index (χ2n) is 2.50. The molecule has 12 heavy (non-hydrogen) atoms. The molecule has 3 nitrogen and oxygen atoms in total. The average molecular weight is 181 g/mol. The van der Waals surface area contributed by atoms with Crippen molar-refractivity contribution in [3.8, 4) is 0 Å². The molecule has 0 aromatic rings. The Labute approximate surface area is 74.2 Å². The first-order valence-corrected chi connectivity index (χ1v) is 3.84. The van der Waals surface area contributed by atoms with E-state index in [1.807, 2.05) is 0 Å². The molecule has 1 amide bonds. The third kappa shape index (κ3) is 1.12. The molecule has 1 heterocycles. The smallest absolute Gasteiger partial charge is 0.260 e. The second-order valence-corrected chi connectivity index (χ2v) is 2.94. The van der Waals surface area contributed by atoms with Gasteiger partial charge < -0.3 is 0 Å². The predicted octanol–water partition coefficient (Wildman–Crippen LogP) is 1.30. The van der Waals surface area contributed by atoms with E-state index in [1.54, 1.807) is 18.2 Å². The summed E-state index contributed by atoms with van der Waals surface area (Å²) in [5.74, 6) is -0.505. The minimum absolute atomic E-state index is 0.184. The van der Waals surface area contributed by atoms with Gasteiger partial charge in [0.25, 0.3) is 5.91 Å². The second kappa shape index (κ2) is 2.68. The van der Waals surface area contributed by atoms with Crippen molar-refractivity contribution in [3.05, 3.63) is 23.3 Å². The molecule has 2 rings (SSSR count). The van der Waals surface area contributed by atoms with Crippen molar-refractivity contribution in [3.63, 3.8) is 0 Å². The summed E-state index contributed by atoms with van der Waals surface area (Å²) in [6.07, 6.45) is 6.33. The zero-order valence-corrected chi connectivity index (χ0v) is 6.82. The van der Waals surface area contributed by atoms with Gasteiger partial charge in [-0.2, -0.15) is 0 Å². The van der Waals surface area contributed by atoms with Gasteiger partial charge in [0.2, 0.25) is 0 Å². The van der Waals surface area contributed by atoms with E-state index >= 15 is 0 Å². The summed E-state index contributed by atoms with van der Waals surface area (Å²) in [5, 5.41) is 0.591. The Morgan fingerprint density at radius 2 is 2.33 bits per heavy atom. The van der Waals surface area contributed by atoms with Crippen LogP contribution in [0.25, 0.3) is 0 Å². The van der Waals surface area contributed by atoms with E-state index in [0.717, 1.165) is 0 Å². The van der Waals surface area contributed by atoms with E-state index in [1.165, 1.54) is 6.34 Å². The van der Waals surface area contributed by atoms with E-state index in [-0.39, 0.29) is 11.8 Å². The van der Waals surface area contributed by atoms with Gasteiger partial charge in [-0.05, 0) is 12.2 Å². The lowest BCUT2D eigenvalue weighted by Gasteiger charge is -2.14. The van der Waals surface area contributed by atoms with Gasteiger partial charge in [0.15, 0.2) is 0 Å². The minimum Gasteiger partial charge on any atom is -0.271 e. The molecule has 1 aliphatic carbocycles. The summed E-state index contributed by atoms with van der Waals surface area (Å²) in [6, 6.07) is 0. The molecule has 0 aromatic carbocycles. The molecule has 4 heteroatoms. The van der Waals surface area contributed by atoms with Gasteiger partial charge in [0, 0.05) is 5.03 Å². The third-order valence-corrected chi connectivity index (χ3v) is 1.95. The molecular formula is C8H5ClN2O. The number of hydrogen-bond donors (Lipinski definition) is 0. The molecule has 0 saturated carbocycles. The molecule has 0 N–H and O–H groups in total. The Morgan fingerprint density at radius 3 is 3.17 bits per heavy atom. The Hall–Kier alpha value is -1.22. The topological polar surface area (TPSA) is 41.8 Å². The molecule has 60 valence electrons. The highest BCUT2D eigenvalue weighted by Gasteiger charge is 2.24. The van der Waals surface area contributed by atoms with E-state index < -0.39 is 0 Å². The number of nitrogens with zero attached hydrogens (tertiary/aromatic N) is 2. The van der Waals surface area contributed by atoms with Crippen LogP contribution in [0.2, 0.25) is 0 Å². The summed E-state index contributed by atoms with van der Waals surface area (Å²) >= 11 is 5.72. The number of halogens is 1. The molecule has 0 saturated heterocycles. The first-order valence-electron chi connectivity index (χ1n) is 3.47. The van der Waals surface area contributed by atoms with Crippen LogP contribution in [-0.4, -0.2) is 18.0 Å². The van der Waals surface area contributed by atoms with E-state index in [9.17, 15) is 4.79 Å². The number of fused-ring (bicyclic) bond motifs is 1. The van der Waals surface area contributed by atoms with Crippen LogP contribution >= 0.6 is 11.6 Å². The molecule has 0 spiro atoms.